The molecule has 2 saturated heterocycles. The molecule has 3 heterocycles. The van der Waals surface area contributed by atoms with E-state index < -0.39 is 23.3 Å². The topological polar surface area (TPSA) is 97.9 Å². The van der Waals surface area contributed by atoms with E-state index in [9.17, 15) is 18.0 Å². The van der Waals surface area contributed by atoms with Crippen LogP contribution in [0.1, 0.15) is 35.4 Å². The minimum absolute atomic E-state index is 0.256. The minimum Gasteiger partial charge on any atom is -0.450 e. The summed E-state index contributed by atoms with van der Waals surface area (Å²) in [5.41, 5.74) is 1.06. The van der Waals surface area contributed by atoms with Crippen molar-refractivity contribution in [3.63, 3.8) is 0 Å². The van der Waals surface area contributed by atoms with E-state index in [0.717, 1.165) is 17.2 Å². The molecular formula is C27H26F3N3O5. The molecule has 38 heavy (non-hydrogen) atoms. The maximum Gasteiger partial charge on any atom is 0.506 e. The van der Waals surface area contributed by atoms with Gasteiger partial charge < -0.3 is 19.1 Å². The lowest BCUT2D eigenvalue weighted by atomic mass is 9.73. The van der Waals surface area contributed by atoms with Crippen molar-refractivity contribution >= 4 is 12.2 Å². The van der Waals surface area contributed by atoms with Crippen LogP contribution in [0.5, 0.6) is 0 Å². The predicted octanol–water partition coefficient (Wildman–Crippen LogP) is 5.40. The standard InChI is InChI=1S/C27H26F3N3O5/c28-27(29,30)21-3-1-2-20(14-21)26(10-12-36-13-11-26)9-8-23-31-24(32-38-23)19-6-4-18(5-7-19)15-33-16-22(17-33)37-25(34)35/h1-9,14,22H,10-13,15-17H2,(H,34,35)/b9-8+. The number of carbonyl (C=O) groups is 1. The van der Waals surface area contributed by atoms with Crippen LogP contribution in [-0.4, -0.2) is 58.7 Å². The largest absolute Gasteiger partial charge is 0.506 e. The number of nitrogens with zero attached hydrogens (tertiary/aromatic N) is 3. The van der Waals surface area contributed by atoms with Crippen LogP contribution >= 0.6 is 0 Å². The molecule has 1 aromatic heterocycles. The molecule has 2 aliphatic heterocycles. The number of carboxylic acid groups (broad SMARTS) is 1. The van der Waals surface area contributed by atoms with Crippen molar-refractivity contribution in [3.8, 4) is 11.4 Å². The van der Waals surface area contributed by atoms with E-state index in [-0.39, 0.29) is 12.0 Å². The number of ether oxygens (including phenoxy) is 2. The molecule has 3 aromatic rings. The number of allylic oxidation sites excluding steroid dienone is 1. The lowest BCUT2D eigenvalue weighted by molar-refractivity contribution is -0.137. The molecule has 0 amide bonds. The van der Waals surface area contributed by atoms with E-state index in [2.05, 4.69) is 15.0 Å². The predicted molar refractivity (Wildman–Crippen MR) is 130 cm³/mol. The molecule has 5 rings (SSSR count). The fourth-order valence-corrected chi connectivity index (χ4v) is 4.83. The molecule has 0 saturated carbocycles. The quantitative estimate of drug-likeness (QED) is 0.407. The van der Waals surface area contributed by atoms with Gasteiger partial charge >= 0.3 is 12.3 Å². The molecule has 0 aliphatic carbocycles. The fraction of sp³-hybridized carbons (Fsp3) is 0.370. The van der Waals surface area contributed by atoms with Gasteiger partial charge in [0.25, 0.3) is 5.89 Å². The smallest absolute Gasteiger partial charge is 0.450 e. The van der Waals surface area contributed by atoms with Gasteiger partial charge in [-0.05, 0) is 30.0 Å². The van der Waals surface area contributed by atoms with E-state index >= 15 is 0 Å². The van der Waals surface area contributed by atoms with Gasteiger partial charge in [0.2, 0.25) is 5.82 Å². The molecule has 200 valence electrons. The van der Waals surface area contributed by atoms with E-state index in [1.54, 1.807) is 12.1 Å². The normalized spacial score (nSPS) is 18.4. The Kier molecular flexibility index (Phi) is 7.22. The summed E-state index contributed by atoms with van der Waals surface area (Å²) in [5, 5.41) is 12.7. The molecule has 0 atom stereocenters. The molecule has 2 aliphatic rings. The number of aromatic nitrogens is 2. The van der Waals surface area contributed by atoms with Crippen molar-refractivity contribution in [1.29, 1.82) is 0 Å². The Bertz CT molecular complexity index is 1290. The van der Waals surface area contributed by atoms with Crippen molar-refractivity contribution in [3.05, 3.63) is 77.2 Å². The van der Waals surface area contributed by atoms with Gasteiger partial charge in [0, 0.05) is 49.9 Å². The van der Waals surface area contributed by atoms with E-state index in [0.29, 0.717) is 57.1 Å². The average molecular weight is 530 g/mol. The van der Waals surface area contributed by atoms with Gasteiger partial charge in [0.15, 0.2) is 0 Å². The van der Waals surface area contributed by atoms with Gasteiger partial charge in [-0.15, -0.1) is 0 Å². The summed E-state index contributed by atoms with van der Waals surface area (Å²) in [4.78, 5) is 17.1. The molecule has 8 nitrogen and oxygen atoms in total. The summed E-state index contributed by atoms with van der Waals surface area (Å²) < 4.78 is 55.6. The maximum atomic E-state index is 13.3. The molecule has 0 radical (unpaired) electrons. The molecule has 1 N–H and O–H groups in total. The molecule has 0 unspecified atom stereocenters. The first-order valence-electron chi connectivity index (χ1n) is 12.2. The van der Waals surface area contributed by atoms with Crippen LogP contribution in [0.4, 0.5) is 18.0 Å². The molecule has 2 fully saturated rings. The molecule has 0 bridgehead atoms. The van der Waals surface area contributed by atoms with Crippen molar-refractivity contribution in [2.75, 3.05) is 26.3 Å². The third kappa shape index (κ3) is 5.89. The summed E-state index contributed by atoms with van der Waals surface area (Å²) in [6, 6.07) is 13.1. The summed E-state index contributed by atoms with van der Waals surface area (Å²) in [6.45, 7) is 2.66. The molecule has 2 aromatic carbocycles. The van der Waals surface area contributed by atoms with Gasteiger partial charge in [-0.1, -0.05) is 53.7 Å². The first-order valence-corrected chi connectivity index (χ1v) is 12.2. The highest BCUT2D eigenvalue weighted by Crippen LogP contribution is 2.39. The van der Waals surface area contributed by atoms with Crippen LogP contribution < -0.4 is 0 Å². The van der Waals surface area contributed by atoms with Gasteiger partial charge in [-0.25, -0.2) is 4.79 Å². The van der Waals surface area contributed by atoms with Crippen LogP contribution in [0, 0.1) is 0 Å². The van der Waals surface area contributed by atoms with Crippen molar-refractivity contribution in [1.82, 2.24) is 15.0 Å². The number of benzene rings is 2. The second-order valence-corrected chi connectivity index (χ2v) is 9.53. The molecular weight excluding hydrogens is 503 g/mol. The Morgan fingerprint density at radius 3 is 2.58 bits per heavy atom. The number of halogens is 3. The lowest BCUT2D eigenvalue weighted by Crippen LogP contribution is -2.52. The zero-order valence-electron chi connectivity index (χ0n) is 20.4. The number of hydrogen-bond acceptors (Lipinski definition) is 7. The van der Waals surface area contributed by atoms with Crippen LogP contribution in [0.3, 0.4) is 0 Å². The average Bonchev–Trinajstić information content (AvgIpc) is 3.36. The highest BCUT2D eigenvalue weighted by atomic mass is 19.4. The Morgan fingerprint density at radius 2 is 1.89 bits per heavy atom. The number of rotatable bonds is 7. The zero-order chi connectivity index (χ0) is 26.8. The van der Waals surface area contributed by atoms with E-state index in [4.69, 9.17) is 19.1 Å². The monoisotopic (exact) mass is 529 g/mol. The van der Waals surface area contributed by atoms with Crippen molar-refractivity contribution < 1.29 is 37.1 Å². The lowest BCUT2D eigenvalue weighted by Gasteiger charge is -2.37. The third-order valence-electron chi connectivity index (χ3n) is 6.95. The SMILES string of the molecule is O=C(O)OC1CN(Cc2ccc(-c3noc(/C=C/C4(c5cccc(C(F)(F)F)c5)CCOCC4)n3)cc2)C1. The Morgan fingerprint density at radius 1 is 1.16 bits per heavy atom. The van der Waals surface area contributed by atoms with Gasteiger partial charge in [-0.3, -0.25) is 4.90 Å². The molecule has 0 spiro atoms. The van der Waals surface area contributed by atoms with Crippen molar-refractivity contribution in [2.24, 2.45) is 0 Å². The Labute approximate surface area is 216 Å². The van der Waals surface area contributed by atoms with Crippen LogP contribution in [0.2, 0.25) is 0 Å². The summed E-state index contributed by atoms with van der Waals surface area (Å²) in [7, 11) is 0. The zero-order valence-corrected chi connectivity index (χ0v) is 20.4. The van der Waals surface area contributed by atoms with Gasteiger partial charge in [0.1, 0.15) is 6.10 Å². The highest BCUT2D eigenvalue weighted by Gasteiger charge is 2.36. The number of alkyl halides is 3. The van der Waals surface area contributed by atoms with Gasteiger partial charge in [-0.2, -0.15) is 18.2 Å². The van der Waals surface area contributed by atoms with Crippen LogP contribution in [0.15, 0.2) is 59.1 Å². The number of likely N-dealkylation sites (tertiary alicyclic amines) is 1. The first kappa shape index (κ1) is 25.9. The summed E-state index contributed by atoms with van der Waals surface area (Å²) >= 11 is 0. The number of hydrogen-bond donors (Lipinski definition) is 1. The van der Waals surface area contributed by atoms with Gasteiger partial charge in [0.05, 0.1) is 5.56 Å². The third-order valence-corrected chi connectivity index (χ3v) is 6.95. The van der Waals surface area contributed by atoms with Crippen molar-refractivity contribution in [2.45, 2.75) is 37.1 Å². The van der Waals surface area contributed by atoms with Crippen LogP contribution in [0.25, 0.3) is 17.5 Å². The first-order chi connectivity index (χ1) is 18.2. The van der Waals surface area contributed by atoms with E-state index in [1.807, 2.05) is 30.3 Å². The minimum atomic E-state index is -4.42. The summed E-state index contributed by atoms with van der Waals surface area (Å²) in [5.74, 6) is 0.655. The van der Waals surface area contributed by atoms with E-state index in [1.165, 1.54) is 12.1 Å². The summed E-state index contributed by atoms with van der Waals surface area (Å²) in [6.07, 6.45) is -1.38. The fourth-order valence-electron chi connectivity index (χ4n) is 4.83. The highest BCUT2D eigenvalue weighted by molar-refractivity contribution is 5.57. The second-order valence-electron chi connectivity index (χ2n) is 9.53. The Balaban J connectivity index is 1.27. The van der Waals surface area contributed by atoms with Crippen LogP contribution in [-0.2, 0) is 27.6 Å². The molecule has 11 heteroatoms. The second kappa shape index (κ2) is 10.6. The Hall–Kier alpha value is -3.70. The maximum absolute atomic E-state index is 13.3.